The van der Waals surface area contributed by atoms with Crippen molar-refractivity contribution in [3.63, 3.8) is 0 Å². The van der Waals surface area contributed by atoms with Crippen LogP contribution in [0, 0.1) is 0 Å². The van der Waals surface area contributed by atoms with Crippen molar-refractivity contribution < 1.29 is 23.1 Å². The Morgan fingerprint density at radius 3 is 2.62 bits per heavy atom. The number of carbonyl (C=O) groups excluding carboxylic acids is 1. The number of aromatic nitrogens is 2. The summed E-state index contributed by atoms with van der Waals surface area (Å²) >= 11 is 0. The molecule has 0 radical (unpaired) electrons. The van der Waals surface area contributed by atoms with Gasteiger partial charge in [0.2, 0.25) is 5.91 Å². The van der Waals surface area contributed by atoms with E-state index in [1.807, 2.05) is 0 Å². The maximum absolute atomic E-state index is 11.1. The van der Waals surface area contributed by atoms with Gasteiger partial charge in [0.25, 0.3) is 0 Å². The van der Waals surface area contributed by atoms with Gasteiger partial charge in [0.15, 0.2) is 15.7 Å². The highest BCUT2D eigenvalue weighted by molar-refractivity contribution is 7.91. The third kappa shape index (κ3) is 3.69. The first-order valence-corrected chi connectivity index (χ1v) is 6.10. The lowest BCUT2D eigenvalue weighted by Crippen LogP contribution is -2.22. The fraction of sp³-hybridized carbons (Fsp3) is 0.286. The van der Waals surface area contributed by atoms with E-state index in [1.54, 1.807) is 0 Å². The molecule has 0 spiro atoms. The van der Waals surface area contributed by atoms with Crippen molar-refractivity contribution >= 4 is 27.5 Å². The second-order valence-electron chi connectivity index (χ2n) is 3.09. The SMILES string of the molecule is CS(=O)(=O)CC(=O)Nc1cc(C(=O)O)[nH]n1. The number of hydrogen-bond donors (Lipinski definition) is 3. The minimum Gasteiger partial charge on any atom is -0.477 e. The van der Waals surface area contributed by atoms with Crippen LogP contribution >= 0.6 is 0 Å². The first kappa shape index (κ1) is 12.2. The fourth-order valence-corrected chi connectivity index (χ4v) is 1.46. The monoisotopic (exact) mass is 247 g/mol. The van der Waals surface area contributed by atoms with Crippen molar-refractivity contribution in [2.24, 2.45) is 0 Å². The molecule has 1 rings (SSSR count). The van der Waals surface area contributed by atoms with Crippen molar-refractivity contribution in [3.05, 3.63) is 11.8 Å². The van der Waals surface area contributed by atoms with E-state index in [0.29, 0.717) is 0 Å². The number of amides is 1. The van der Waals surface area contributed by atoms with Crippen LogP contribution in [0.2, 0.25) is 0 Å². The summed E-state index contributed by atoms with van der Waals surface area (Å²) in [6.45, 7) is 0. The Balaban J connectivity index is 2.67. The van der Waals surface area contributed by atoms with E-state index in [-0.39, 0.29) is 11.5 Å². The molecule has 0 bridgehead atoms. The second-order valence-corrected chi connectivity index (χ2v) is 5.23. The van der Waals surface area contributed by atoms with Crippen molar-refractivity contribution in [3.8, 4) is 0 Å². The third-order valence-corrected chi connectivity index (χ3v) is 2.26. The number of aromatic carboxylic acids is 1. The summed E-state index contributed by atoms with van der Waals surface area (Å²) in [4.78, 5) is 21.6. The number of aromatic amines is 1. The first-order valence-electron chi connectivity index (χ1n) is 4.04. The Bertz CT molecular complexity index is 518. The molecule has 0 saturated heterocycles. The van der Waals surface area contributed by atoms with Crippen molar-refractivity contribution in [1.29, 1.82) is 0 Å². The van der Waals surface area contributed by atoms with Crippen LogP contribution in [0.25, 0.3) is 0 Å². The van der Waals surface area contributed by atoms with Crippen LogP contribution in [0.15, 0.2) is 6.07 Å². The zero-order valence-electron chi connectivity index (χ0n) is 8.22. The number of carbonyl (C=O) groups is 2. The Morgan fingerprint density at radius 2 is 2.19 bits per heavy atom. The Labute approximate surface area is 90.6 Å². The molecular weight excluding hydrogens is 238 g/mol. The van der Waals surface area contributed by atoms with Crippen LogP contribution in [-0.4, -0.2) is 47.6 Å². The summed E-state index contributed by atoms with van der Waals surface area (Å²) in [5, 5.41) is 16.3. The minimum atomic E-state index is -3.42. The molecule has 0 aromatic carbocycles. The fourth-order valence-electron chi connectivity index (χ4n) is 0.912. The van der Waals surface area contributed by atoms with Gasteiger partial charge >= 0.3 is 5.97 Å². The van der Waals surface area contributed by atoms with Crippen LogP contribution < -0.4 is 5.32 Å². The van der Waals surface area contributed by atoms with Gasteiger partial charge < -0.3 is 10.4 Å². The smallest absolute Gasteiger partial charge is 0.353 e. The van der Waals surface area contributed by atoms with Crippen molar-refractivity contribution in [2.45, 2.75) is 0 Å². The molecule has 1 heterocycles. The highest BCUT2D eigenvalue weighted by Crippen LogP contribution is 2.05. The summed E-state index contributed by atoms with van der Waals surface area (Å²) in [6, 6.07) is 1.09. The molecule has 88 valence electrons. The molecule has 0 aliphatic carbocycles. The number of hydrogen-bond acceptors (Lipinski definition) is 5. The number of rotatable bonds is 4. The standard InChI is InChI=1S/C7H9N3O5S/c1-16(14,15)3-6(11)8-5-2-4(7(12)13)9-10-5/h2H,3H2,1H3,(H,12,13)(H2,8,9,10,11). The molecular formula is C7H9N3O5S. The number of carboxylic acids is 1. The summed E-state index contributed by atoms with van der Waals surface area (Å²) < 4.78 is 21.5. The van der Waals surface area contributed by atoms with Crippen LogP contribution in [0.4, 0.5) is 5.82 Å². The average Bonchev–Trinajstić information content (AvgIpc) is 2.48. The molecule has 8 nitrogen and oxygen atoms in total. The molecule has 0 atom stereocenters. The van der Waals surface area contributed by atoms with Crippen molar-refractivity contribution in [1.82, 2.24) is 10.2 Å². The van der Waals surface area contributed by atoms with Gasteiger partial charge in [0.1, 0.15) is 11.4 Å². The van der Waals surface area contributed by atoms with Gasteiger partial charge in [0.05, 0.1) is 0 Å². The predicted octanol–water partition coefficient (Wildman–Crippen LogP) is -0.909. The van der Waals surface area contributed by atoms with Crippen LogP contribution in [-0.2, 0) is 14.6 Å². The number of anilines is 1. The minimum absolute atomic E-state index is 0.0361. The van der Waals surface area contributed by atoms with Gasteiger partial charge in [-0.25, -0.2) is 13.2 Å². The zero-order valence-corrected chi connectivity index (χ0v) is 9.04. The van der Waals surface area contributed by atoms with Gasteiger partial charge in [-0.15, -0.1) is 0 Å². The van der Waals surface area contributed by atoms with E-state index >= 15 is 0 Å². The van der Waals surface area contributed by atoms with Gasteiger partial charge in [-0.05, 0) is 0 Å². The molecule has 1 amide bonds. The van der Waals surface area contributed by atoms with E-state index in [1.165, 1.54) is 0 Å². The van der Waals surface area contributed by atoms with Gasteiger partial charge in [-0.2, -0.15) is 5.10 Å². The van der Waals surface area contributed by atoms with Crippen LogP contribution in [0.3, 0.4) is 0 Å². The molecule has 0 fully saturated rings. The lowest BCUT2D eigenvalue weighted by atomic mass is 10.4. The Hall–Kier alpha value is -1.90. The van der Waals surface area contributed by atoms with Crippen LogP contribution in [0.5, 0.6) is 0 Å². The van der Waals surface area contributed by atoms with Gasteiger partial charge in [-0.1, -0.05) is 0 Å². The summed E-state index contributed by atoms with van der Waals surface area (Å²) in [5.74, 6) is -2.71. The summed E-state index contributed by atoms with van der Waals surface area (Å²) in [5.41, 5.74) is -0.199. The molecule has 0 aliphatic heterocycles. The third-order valence-electron chi connectivity index (χ3n) is 1.47. The van der Waals surface area contributed by atoms with E-state index in [2.05, 4.69) is 15.5 Å². The van der Waals surface area contributed by atoms with E-state index < -0.39 is 27.5 Å². The number of nitrogens with one attached hydrogen (secondary N) is 2. The van der Waals surface area contributed by atoms with Crippen molar-refractivity contribution in [2.75, 3.05) is 17.3 Å². The molecule has 16 heavy (non-hydrogen) atoms. The molecule has 0 unspecified atom stereocenters. The molecule has 3 N–H and O–H groups in total. The number of H-pyrrole nitrogens is 1. The topological polar surface area (TPSA) is 129 Å². The van der Waals surface area contributed by atoms with Gasteiger partial charge in [0, 0.05) is 12.3 Å². The number of sulfone groups is 1. The molecule has 1 aromatic rings. The normalized spacial score (nSPS) is 11.1. The van der Waals surface area contributed by atoms with Crippen LogP contribution in [0.1, 0.15) is 10.5 Å². The molecule has 0 aliphatic rings. The van der Waals surface area contributed by atoms with Gasteiger partial charge in [-0.3, -0.25) is 9.89 Å². The highest BCUT2D eigenvalue weighted by Gasteiger charge is 2.13. The quantitative estimate of drug-likeness (QED) is 0.631. The first-order chi connectivity index (χ1) is 7.28. The van der Waals surface area contributed by atoms with E-state index in [4.69, 9.17) is 5.11 Å². The lowest BCUT2D eigenvalue weighted by molar-refractivity contribution is -0.113. The maximum atomic E-state index is 11.1. The average molecular weight is 247 g/mol. The molecule has 0 saturated carbocycles. The Kier molecular flexibility index (Phi) is 3.28. The second kappa shape index (κ2) is 4.31. The van der Waals surface area contributed by atoms with E-state index in [0.717, 1.165) is 12.3 Å². The molecule has 9 heteroatoms. The summed E-state index contributed by atoms with van der Waals surface area (Å²) in [7, 11) is -3.42. The highest BCUT2D eigenvalue weighted by atomic mass is 32.2. The summed E-state index contributed by atoms with van der Waals surface area (Å²) in [6.07, 6.45) is 0.916. The molecule has 1 aromatic heterocycles. The largest absolute Gasteiger partial charge is 0.477 e. The zero-order chi connectivity index (χ0) is 12.3. The Morgan fingerprint density at radius 1 is 1.56 bits per heavy atom. The maximum Gasteiger partial charge on any atom is 0.353 e. The van der Waals surface area contributed by atoms with E-state index in [9.17, 15) is 18.0 Å². The number of nitrogens with zero attached hydrogens (tertiary/aromatic N) is 1. The predicted molar refractivity (Wildman–Crippen MR) is 53.9 cm³/mol. The lowest BCUT2D eigenvalue weighted by Gasteiger charge is -1.98. The number of carboxylic acid groups (broad SMARTS) is 1.